The van der Waals surface area contributed by atoms with Gasteiger partial charge >= 0.3 is 6.18 Å². The molecule has 0 atom stereocenters. The minimum Gasteiger partial charge on any atom is -0.264 e. The Kier molecular flexibility index (Phi) is 4.12. The molecule has 0 saturated carbocycles. The highest BCUT2D eigenvalue weighted by molar-refractivity contribution is 5.36. The van der Waals surface area contributed by atoms with E-state index < -0.39 is 58.1 Å². The van der Waals surface area contributed by atoms with Gasteiger partial charge in [-0.25, -0.2) is 17.6 Å². The summed E-state index contributed by atoms with van der Waals surface area (Å²) in [6.07, 6.45) is -4.02. The third-order valence-corrected chi connectivity index (χ3v) is 3.15. The van der Waals surface area contributed by atoms with Crippen molar-refractivity contribution in [2.45, 2.75) is 19.5 Å². The molecular formula is C14H8F7N. The molecule has 0 fully saturated rings. The van der Waals surface area contributed by atoms with E-state index in [0.717, 1.165) is 19.3 Å². The number of pyridine rings is 1. The second-order valence-electron chi connectivity index (χ2n) is 4.57. The Morgan fingerprint density at radius 1 is 0.955 bits per heavy atom. The van der Waals surface area contributed by atoms with Crippen molar-refractivity contribution >= 4 is 0 Å². The van der Waals surface area contributed by atoms with Gasteiger partial charge < -0.3 is 0 Å². The molecule has 0 aliphatic rings. The summed E-state index contributed by atoms with van der Waals surface area (Å²) >= 11 is 0. The molecule has 0 amide bonds. The Balaban J connectivity index is 2.59. The summed E-state index contributed by atoms with van der Waals surface area (Å²) in [5.41, 5.74) is -3.47. The summed E-state index contributed by atoms with van der Waals surface area (Å²) in [6.45, 7) is 0.866. The molecule has 1 aromatic heterocycles. The van der Waals surface area contributed by atoms with Crippen molar-refractivity contribution in [3.63, 3.8) is 0 Å². The van der Waals surface area contributed by atoms with Crippen LogP contribution in [0.5, 0.6) is 0 Å². The van der Waals surface area contributed by atoms with Crippen molar-refractivity contribution in [2.24, 2.45) is 0 Å². The Morgan fingerprint density at radius 3 is 2.18 bits per heavy atom. The van der Waals surface area contributed by atoms with Crippen molar-refractivity contribution < 1.29 is 30.7 Å². The van der Waals surface area contributed by atoms with E-state index in [1.807, 2.05) is 0 Å². The van der Waals surface area contributed by atoms with E-state index >= 15 is 0 Å². The number of rotatable bonds is 2. The summed E-state index contributed by atoms with van der Waals surface area (Å²) in [7, 11) is 0. The van der Waals surface area contributed by atoms with Gasteiger partial charge in [-0.05, 0) is 18.6 Å². The molecular weight excluding hydrogens is 315 g/mol. The van der Waals surface area contributed by atoms with Crippen molar-refractivity contribution in [3.8, 4) is 0 Å². The van der Waals surface area contributed by atoms with Crippen LogP contribution >= 0.6 is 0 Å². The molecule has 8 heteroatoms. The Hall–Kier alpha value is -2.12. The molecule has 1 heterocycles. The third kappa shape index (κ3) is 2.77. The lowest BCUT2D eigenvalue weighted by Gasteiger charge is -2.14. The lowest BCUT2D eigenvalue weighted by Crippen LogP contribution is -2.12. The van der Waals surface area contributed by atoms with E-state index in [1.165, 1.54) is 0 Å². The van der Waals surface area contributed by atoms with Gasteiger partial charge in [0.05, 0.1) is 5.56 Å². The fourth-order valence-electron chi connectivity index (χ4n) is 2.00. The standard InChI is InChI=1S/C14H8F7N/c1-6-10(15)8(12(17)13(18)11(6)16)4-7-5-22-3-2-9(7)14(19,20)21/h2-3,5H,4H2,1H3. The molecule has 0 spiro atoms. The van der Waals surface area contributed by atoms with E-state index in [2.05, 4.69) is 4.98 Å². The van der Waals surface area contributed by atoms with Gasteiger partial charge in [0.15, 0.2) is 17.5 Å². The van der Waals surface area contributed by atoms with Crippen LogP contribution in [0.25, 0.3) is 0 Å². The van der Waals surface area contributed by atoms with E-state index in [9.17, 15) is 30.7 Å². The fourth-order valence-corrected chi connectivity index (χ4v) is 2.00. The van der Waals surface area contributed by atoms with Crippen LogP contribution in [0, 0.1) is 30.2 Å². The average molecular weight is 323 g/mol. The van der Waals surface area contributed by atoms with Crippen molar-refractivity contribution in [2.75, 3.05) is 0 Å². The molecule has 2 rings (SSSR count). The monoisotopic (exact) mass is 323 g/mol. The first kappa shape index (κ1) is 16.3. The minimum absolute atomic E-state index is 0.543. The normalized spacial score (nSPS) is 11.8. The van der Waals surface area contributed by atoms with Crippen LogP contribution in [-0.4, -0.2) is 4.98 Å². The molecule has 1 nitrogen and oxygen atoms in total. The second-order valence-corrected chi connectivity index (χ2v) is 4.57. The van der Waals surface area contributed by atoms with E-state index in [1.54, 1.807) is 0 Å². The van der Waals surface area contributed by atoms with Crippen LogP contribution < -0.4 is 0 Å². The highest BCUT2D eigenvalue weighted by Crippen LogP contribution is 2.34. The minimum atomic E-state index is -4.77. The zero-order valence-electron chi connectivity index (χ0n) is 11.0. The van der Waals surface area contributed by atoms with Crippen molar-refractivity contribution in [3.05, 3.63) is 64.0 Å². The molecule has 0 bridgehead atoms. The first-order chi connectivity index (χ1) is 10.1. The molecule has 0 radical (unpaired) electrons. The summed E-state index contributed by atoms with van der Waals surface area (Å²) in [5, 5.41) is 0. The van der Waals surface area contributed by atoms with Gasteiger partial charge in [-0.15, -0.1) is 0 Å². The van der Waals surface area contributed by atoms with Gasteiger partial charge in [-0.2, -0.15) is 13.2 Å². The first-order valence-corrected chi connectivity index (χ1v) is 5.96. The number of halogens is 7. The lowest BCUT2D eigenvalue weighted by molar-refractivity contribution is -0.138. The largest absolute Gasteiger partial charge is 0.416 e. The second kappa shape index (κ2) is 5.58. The van der Waals surface area contributed by atoms with Crippen LogP contribution in [0.4, 0.5) is 30.7 Å². The molecule has 0 aliphatic heterocycles. The van der Waals surface area contributed by atoms with Gasteiger partial charge in [-0.1, -0.05) is 0 Å². The molecule has 2 aromatic rings. The Morgan fingerprint density at radius 2 is 1.59 bits per heavy atom. The highest BCUT2D eigenvalue weighted by Gasteiger charge is 2.34. The highest BCUT2D eigenvalue weighted by atomic mass is 19.4. The van der Waals surface area contributed by atoms with Crippen LogP contribution in [0.15, 0.2) is 18.5 Å². The number of hydrogen-bond donors (Lipinski definition) is 0. The zero-order chi connectivity index (χ0) is 16.7. The number of aromatic nitrogens is 1. The molecule has 0 saturated heterocycles. The van der Waals surface area contributed by atoms with Crippen molar-refractivity contribution in [1.29, 1.82) is 0 Å². The van der Waals surface area contributed by atoms with Gasteiger partial charge in [0.25, 0.3) is 0 Å². The van der Waals surface area contributed by atoms with Crippen LogP contribution in [0.2, 0.25) is 0 Å². The maximum absolute atomic E-state index is 13.9. The van der Waals surface area contributed by atoms with Gasteiger partial charge in [0, 0.05) is 29.9 Å². The third-order valence-electron chi connectivity index (χ3n) is 3.15. The topological polar surface area (TPSA) is 12.9 Å². The first-order valence-electron chi connectivity index (χ1n) is 5.96. The fraction of sp³-hybridized carbons (Fsp3) is 0.214. The number of hydrogen-bond acceptors (Lipinski definition) is 1. The smallest absolute Gasteiger partial charge is 0.264 e. The summed E-state index contributed by atoms with van der Waals surface area (Å²) in [5.74, 6) is -6.90. The maximum Gasteiger partial charge on any atom is 0.416 e. The number of nitrogens with zero attached hydrogens (tertiary/aromatic N) is 1. The lowest BCUT2D eigenvalue weighted by atomic mass is 9.98. The molecule has 22 heavy (non-hydrogen) atoms. The van der Waals surface area contributed by atoms with E-state index in [4.69, 9.17) is 0 Å². The predicted molar refractivity (Wildman–Crippen MR) is 63.1 cm³/mol. The molecule has 0 unspecified atom stereocenters. The van der Waals surface area contributed by atoms with E-state index in [0.29, 0.717) is 6.07 Å². The van der Waals surface area contributed by atoms with Crippen LogP contribution in [-0.2, 0) is 12.6 Å². The molecule has 1 aromatic carbocycles. The van der Waals surface area contributed by atoms with Crippen LogP contribution in [0.1, 0.15) is 22.3 Å². The predicted octanol–water partition coefficient (Wildman–Crippen LogP) is 4.56. The number of benzene rings is 1. The van der Waals surface area contributed by atoms with Gasteiger partial charge in [-0.3, -0.25) is 4.98 Å². The summed E-state index contributed by atoms with van der Waals surface area (Å²) in [4.78, 5) is 3.46. The quantitative estimate of drug-likeness (QED) is 0.449. The maximum atomic E-state index is 13.9. The van der Waals surface area contributed by atoms with Gasteiger partial charge in [0.2, 0.25) is 0 Å². The summed E-state index contributed by atoms with van der Waals surface area (Å²) in [6, 6.07) is 0.637. The Bertz CT molecular complexity index is 693. The summed E-state index contributed by atoms with van der Waals surface area (Å²) < 4.78 is 92.5. The van der Waals surface area contributed by atoms with Crippen molar-refractivity contribution in [1.82, 2.24) is 4.98 Å². The molecule has 0 N–H and O–H groups in total. The molecule has 118 valence electrons. The van der Waals surface area contributed by atoms with E-state index in [-0.39, 0.29) is 0 Å². The molecule has 0 aliphatic carbocycles. The average Bonchev–Trinajstić information content (AvgIpc) is 2.47. The SMILES string of the molecule is Cc1c(F)c(F)c(F)c(Cc2cnccc2C(F)(F)F)c1F. The zero-order valence-corrected chi connectivity index (χ0v) is 11.0. The van der Waals surface area contributed by atoms with Gasteiger partial charge in [0.1, 0.15) is 5.82 Å². The van der Waals surface area contributed by atoms with Crippen LogP contribution in [0.3, 0.4) is 0 Å². The number of alkyl halides is 3. The Labute approximate surface area is 120 Å².